The van der Waals surface area contributed by atoms with Gasteiger partial charge in [-0.25, -0.2) is 9.59 Å². The molecule has 0 aliphatic heterocycles. The Kier molecular flexibility index (Phi) is 8.73. The highest BCUT2D eigenvalue weighted by Crippen LogP contribution is 1.81. The Hall–Kier alpha value is -0.860. The van der Waals surface area contributed by atoms with Crippen molar-refractivity contribution in [3.8, 4) is 0 Å². The predicted octanol–water partition coefficient (Wildman–Crippen LogP) is 0.612. The molecule has 0 aromatic rings. The van der Waals surface area contributed by atoms with Gasteiger partial charge in [-0.2, -0.15) is 0 Å². The summed E-state index contributed by atoms with van der Waals surface area (Å²) >= 11 is 0. The first-order valence-corrected chi connectivity index (χ1v) is 2.08. The maximum Gasteiger partial charge on any atom is 0.335 e. The predicted molar refractivity (Wildman–Crippen MR) is 31.8 cm³/mol. The molecular formula is C4H6ClNO3. The van der Waals surface area contributed by atoms with Gasteiger partial charge in [-0.05, 0) is 0 Å². The van der Waals surface area contributed by atoms with Crippen LogP contribution >= 0.6 is 12.4 Å². The van der Waals surface area contributed by atoms with E-state index in [1.807, 2.05) is 0 Å². The maximum atomic E-state index is 10.1. The van der Waals surface area contributed by atoms with Gasteiger partial charge in [-0.1, -0.05) is 6.92 Å². The van der Waals surface area contributed by atoms with Crippen LogP contribution in [0, 0.1) is 0 Å². The van der Waals surface area contributed by atoms with Gasteiger partial charge in [0.1, 0.15) is 0 Å². The maximum absolute atomic E-state index is 10.1. The molecule has 0 saturated carbocycles. The molecule has 0 aliphatic rings. The second-order valence-electron chi connectivity index (χ2n) is 0.999. The monoisotopic (exact) mass is 151 g/mol. The quantitative estimate of drug-likeness (QED) is 0.252. The first kappa shape index (κ1) is 11.0. The van der Waals surface area contributed by atoms with Crippen molar-refractivity contribution in [3.63, 3.8) is 0 Å². The van der Waals surface area contributed by atoms with E-state index in [9.17, 15) is 9.59 Å². The lowest BCUT2D eigenvalue weighted by Crippen LogP contribution is -1.94. The van der Waals surface area contributed by atoms with Crippen molar-refractivity contribution in [2.24, 2.45) is 5.16 Å². The van der Waals surface area contributed by atoms with Crippen LogP contribution in [-0.4, -0.2) is 12.0 Å². The number of hydrogen-bond donors (Lipinski definition) is 0. The van der Waals surface area contributed by atoms with Crippen LogP contribution < -0.4 is 0 Å². The standard InChI is InChI=1S/C4H5NO3.ClH/c1-2-4(7)8-5-3-6;/h2H2,1H3;1H. The molecule has 0 heterocycles. The van der Waals surface area contributed by atoms with Crippen LogP contribution in [0.2, 0.25) is 0 Å². The molecule has 0 spiro atoms. The molecule has 0 N–H and O–H groups in total. The zero-order chi connectivity index (χ0) is 6.41. The SMILES string of the molecule is CCC(=O)ON=C=O.Cl. The molecule has 0 aliphatic carbocycles. The van der Waals surface area contributed by atoms with Crippen molar-refractivity contribution in [3.05, 3.63) is 0 Å². The molecule has 0 fully saturated rings. The minimum absolute atomic E-state index is 0. The molecule has 0 rings (SSSR count). The number of carbonyl (C=O) groups is 1. The van der Waals surface area contributed by atoms with E-state index in [-0.39, 0.29) is 18.8 Å². The first-order valence-electron chi connectivity index (χ1n) is 2.08. The van der Waals surface area contributed by atoms with E-state index in [2.05, 4.69) is 9.99 Å². The third-order valence-electron chi connectivity index (χ3n) is 0.473. The minimum atomic E-state index is -0.534. The van der Waals surface area contributed by atoms with Gasteiger partial charge in [0.2, 0.25) is 0 Å². The molecule has 0 unspecified atom stereocenters. The summed E-state index contributed by atoms with van der Waals surface area (Å²) in [6.07, 6.45) is 1.28. The fraction of sp³-hybridized carbons (Fsp3) is 0.500. The van der Waals surface area contributed by atoms with Crippen molar-refractivity contribution >= 4 is 24.5 Å². The molecule has 0 bridgehead atoms. The van der Waals surface area contributed by atoms with Crippen molar-refractivity contribution < 1.29 is 14.4 Å². The van der Waals surface area contributed by atoms with E-state index in [0.717, 1.165) is 6.08 Å². The molecule has 4 nitrogen and oxygen atoms in total. The second kappa shape index (κ2) is 7.14. The number of rotatable bonds is 2. The number of hydrogen-bond acceptors (Lipinski definition) is 4. The van der Waals surface area contributed by atoms with Gasteiger partial charge in [0, 0.05) is 11.6 Å². The summed E-state index contributed by atoms with van der Waals surface area (Å²) in [5.74, 6) is -0.534. The van der Waals surface area contributed by atoms with Crippen LogP contribution in [0.3, 0.4) is 0 Å². The molecule has 0 radical (unpaired) electrons. The van der Waals surface area contributed by atoms with Crippen molar-refractivity contribution in [2.45, 2.75) is 13.3 Å². The minimum Gasteiger partial charge on any atom is -0.307 e. The third-order valence-corrected chi connectivity index (χ3v) is 0.473. The van der Waals surface area contributed by atoms with Crippen LogP contribution in [0.4, 0.5) is 0 Å². The van der Waals surface area contributed by atoms with E-state index >= 15 is 0 Å². The Morgan fingerprint density at radius 1 is 1.78 bits per heavy atom. The second-order valence-corrected chi connectivity index (χ2v) is 0.999. The van der Waals surface area contributed by atoms with Gasteiger partial charge < -0.3 is 4.84 Å². The van der Waals surface area contributed by atoms with E-state index in [1.165, 1.54) is 0 Å². The summed E-state index contributed by atoms with van der Waals surface area (Å²) in [4.78, 5) is 23.2. The van der Waals surface area contributed by atoms with Crippen LogP contribution in [0.15, 0.2) is 5.16 Å². The van der Waals surface area contributed by atoms with Gasteiger partial charge in [0.05, 0.1) is 0 Å². The molecule has 52 valence electrons. The number of isocyanates is 1. The van der Waals surface area contributed by atoms with Gasteiger partial charge in [-0.15, -0.1) is 12.4 Å². The highest BCUT2D eigenvalue weighted by atomic mass is 35.5. The molecule has 0 atom stereocenters. The zero-order valence-corrected chi connectivity index (χ0v) is 5.60. The Labute approximate surface area is 58.3 Å². The summed E-state index contributed by atoms with van der Waals surface area (Å²) in [7, 11) is 0. The van der Waals surface area contributed by atoms with Crippen molar-refractivity contribution in [2.75, 3.05) is 0 Å². The normalized spacial score (nSPS) is 6.33. The Morgan fingerprint density at radius 2 is 2.33 bits per heavy atom. The number of halogens is 1. The molecule has 5 heteroatoms. The summed E-state index contributed by atoms with van der Waals surface area (Å²) < 4.78 is 0. The highest BCUT2D eigenvalue weighted by Gasteiger charge is 1.93. The summed E-state index contributed by atoms with van der Waals surface area (Å²) in [5.41, 5.74) is 0. The van der Waals surface area contributed by atoms with E-state index in [1.54, 1.807) is 6.92 Å². The topological polar surface area (TPSA) is 55.7 Å². The smallest absolute Gasteiger partial charge is 0.307 e. The van der Waals surface area contributed by atoms with Crippen molar-refractivity contribution in [1.82, 2.24) is 0 Å². The molecule has 0 aromatic heterocycles. The zero-order valence-electron chi connectivity index (χ0n) is 4.79. The molecule has 0 aromatic carbocycles. The average molecular weight is 152 g/mol. The van der Waals surface area contributed by atoms with E-state index in [4.69, 9.17) is 0 Å². The van der Waals surface area contributed by atoms with Gasteiger partial charge in [0.15, 0.2) is 0 Å². The fourth-order valence-electron chi connectivity index (χ4n) is 0.134. The molecule has 0 amide bonds. The number of carbonyl (C=O) groups excluding carboxylic acids is 2. The fourth-order valence-corrected chi connectivity index (χ4v) is 0.134. The Morgan fingerprint density at radius 3 is 2.67 bits per heavy atom. The van der Waals surface area contributed by atoms with Crippen molar-refractivity contribution in [1.29, 1.82) is 0 Å². The summed E-state index contributed by atoms with van der Waals surface area (Å²) in [5, 5.41) is 2.59. The molecule has 9 heavy (non-hydrogen) atoms. The van der Waals surface area contributed by atoms with Crippen LogP contribution in [-0.2, 0) is 14.4 Å². The third kappa shape index (κ3) is 7.14. The largest absolute Gasteiger partial charge is 0.335 e. The van der Waals surface area contributed by atoms with E-state index in [0.29, 0.717) is 0 Å². The highest BCUT2D eigenvalue weighted by molar-refractivity contribution is 5.85. The molecular weight excluding hydrogens is 146 g/mol. The van der Waals surface area contributed by atoms with Crippen LogP contribution in [0.5, 0.6) is 0 Å². The van der Waals surface area contributed by atoms with Gasteiger partial charge >= 0.3 is 5.97 Å². The Bertz CT molecular complexity index is 130. The lowest BCUT2D eigenvalue weighted by atomic mass is 10.5. The van der Waals surface area contributed by atoms with Crippen LogP contribution in [0.25, 0.3) is 0 Å². The lowest BCUT2D eigenvalue weighted by molar-refractivity contribution is -0.143. The van der Waals surface area contributed by atoms with Crippen LogP contribution in [0.1, 0.15) is 13.3 Å². The van der Waals surface area contributed by atoms with E-state index < -0.39 is 5.97 Å². The molecule has 0 saturated heterocycles. The average Bonchev–Trinajstić information content (AvgIpc) is 1.83. The summed E-state index contributed by atoms with van der Waals surface area (Å²) in [6, 6.07) is 0. The lowest BCUT2D eigenvalue weighted by Gasteiger charge is -1.84. The first-order chi connectivity index (χ1) is 3.81. The Balaban J connectivity index is 0. The van der Waals surface area contributed by atoms with Gasteiger partial charge in [0.25, 0.3) is 6.08 Å². The number of nitrogens with zero attached hydrogens (tertiary/aromatic N) is 1. The van der Waals surface area contributed by atoms with Gasteiger partial charge in [-0.3, -0.25) is 0 Å². The summed E-state index contributed by atoms with van der Waals surface area (Å²) in [6.45, 7) is 1.60.